The molecule has 0 radical (unpaired) electrons. The van der Waals surface area contributed by atoms with Crippen LogP contribution in [0.5, 0.6) is 0 Å². The highest BCUT2D eigenvalue weighted by Crippen LogP contribution is 2.33. The zero-order valence-corrected chi connectivity index (χ0v) is 19.7. The Morgan fingerprint density at radius 1 is 1.19 bits per heavy atom. The van der Waals surface area contributed by atoms with E-state index in [9.17, 15) is 31.1 Å². The summed E-state index contributed by atoms with van der Waals surface area (Å²) < 4.78 is 76.3. The number of nitrogens with one attached hydrogen (secondary N) is 3. The minimum Gasteiger partial charge on any atom is -0.382 e. The number of rotatable bonds is 7. The first kappa shape index (κ1) is 25.3. The summed E-state index contributed by atoms with van der Waals surface area (Å²) >= 11 is 0. The fourth-order valence-corrected chi connectivity index (χ4v) is 4.24. The number of benzene rings is 1. The van der Waals surface area contributed by atoms with Crippen molar-refractivity contribution in [1.82, 2.24) is 19.9 Å². The van der Waals surface area contributed by atoms with E-state index in [1.807, 2.05) is 0 Å². The molecule has 3 aromatic heterocycles. The van der Waals surface area contributed by atoms with Crippen molar-refractivity contribution in [3.05, 3.63) is 54.2 Å². The summed E-state index contributed by atoms with van der Waals surface area (Å²) in [7, 11) is -3.80. The molecule has 1 atom stereocenters. The molecule has 3 heterocycles. The number of aromatic nitrogens is 4. The molecule has 4 N–H and O–H groups in total. The molecule has 0 aliphatic carbocycles. The number of alkyl halides is 3. The molecule has 4 rings (SSSR count). The van der Waals surface area contributed by atoms with E-state index in [-0.39, 0.29) is 17.5 Å². The van der Waals surface area contributed by atoms with E-state index < -0.39 is 39.4 Å². The van der Waals surface area contributed by atoms with Crippen LogP contribution in [0.2, 0.25) is 0 Å². The van der Waals surface area contributed by atoms with Gasteiger partial charge >= 0.3 is 6.18 Å². The number of aliphatic hydroxyl groups is 1. The Kier molecular flexibility index (Phi) is 6.58. The van der Waals surface area contributed by atoms with E-state index in [0.717, 1.165) is 12.3 Å². The molecule has 0 saturated carbocycles. The minimum absolute atomic E-state index is 0.00444. The van der Waals surface area contributed by atoms with Gasteiger partial charge in [-0.2, -0.15) is 13.2 Å². The lowest BCUT2D eigenvalue weighted by atomic mass is 10.1. The van der Waals surface area contributed by atoms with Gasteiger partial charge in [-0.3, -0.25) is 0 Å². The van der Waals surface area contributed by atoms with Gasteiger partial charge in [0.15, 0.2) is 21.8 Å². The third-order valence-corrected chi connectivity index (χ3v) is 6.39. The molecule has 4 aromatic rings. The average molecular weight is 525 g/mol. The maximum absolute atomic E-state index is 14.8. The van der Waals surface area contributed by atoms with Gasteiger partial charge in [-0.05, 0) is 30.7 Å². The molecule has 0 aliphatic rings. The predicted molar refractivity (Wildman–Crippen MR) is 125 cm³/mol. The van der Waals surface area contributed by atoms with Gasteiger partial charge in [0.05, 0.1) is 23.4 Å². The number of aryl methyl sites for hydroxylation is 1. The quantitative estimate of drug-likeness (QED) is 0.267. The monoisotopic (exact) mass is 524 g/mol. The highest BCUT2D eigenvalue weighted by molar-refractivity contribution is 7.90. The van der Waals surface area contributed by atoms with Crippen molar-refractivity contribution in [1.29, 1.82) is 0 Å². The van der Waals surface area contributed by atoms with Crippen LogP contribution in [-0.2, 0) is 9.84 Å². The zero-order chi connectivity index (χ0) is 26.3. The van der Waals surface area contributed by atoms with Gasteiger partial charge in [0.25, 0.3) is 0 Å². The lowest BCUT2D eigenvalue weighted by Crippen LogP contribution is -2.35. The van der Waals surface area contributed by atoms with Crippen LogP contribution in [-0.4, -0.2) is 58.5 Å². The maximum Gasteiger partial charge on any atom is 0.416 e. The number of aliphatic hydroxyl groups excluding tert-OH is 1. The summed E-state index contributed by atoms with van der Waals surface area (Å²) in [6.07, 6.45) is -1.98. The number of pyridine rings is 1. The number of hydrogen-bond donors (Lipinski definition) is 4. The van der Waals surface area contributed by atoms with E-state index in [0.29, 0.717) is 27.7 Å². The van der Waals surface area contributed by atoms with Crippen molar-refractivity contribution in [3.63, 3.8) is 0 Å². The van der Waals surface area contributed by atoms with Crippen molar-refractivity contribution in [2.75, 3.05) is 23.4 Å². The van der Waals surface area contributed by atoms with Crippen LogP contribution in [0.4, 0.5) is 35.0 Å². The molecule has 9 nitrogen and oxygen atoms in total. The van der Waals surface area contributed by atoms with Crippen LogP contribution in [0, 0.1) is 12.7 Å². The highest BCUT2D eigenvalue weighted by Gasteiger charge is 2.38. The molecule has 190 valence electrons. The van der Waals surface area contributed by atoms with Crippen molar-refractivity contribution >= 4 is 38.2 Å². The topological polar surface area (TPSA) is 133 Å². The SMILES string of the molecule is Cc1cnc(Nc2cccc(S(C)(=O)=O)c2F)nc1-c1c[nH]c2c(NCC(O)C(F)(F)F)nccc12. The lowest BCUT2D eigenvalue weighted by molar-refractivity contribution is -0.198. The van der Waals surface area contributed by atoms with Gasteiger partial charge < -0.3 is 20.7 Å². The van der Waals surface area contributed by atoms with Crippen molar-refractivity contribution < 1.29 is 31.1 Å². The second-order valence-electron chi connectivity index (χ2n) is 7.96. The summed E-state index contributed by atoms with van der Waals surface area (Å²) in [5.74, 6) is -0.873. The molecule has 0 spiro atoms. The average Bonchev–Trinajstić information content (AvgIpc) is 3.23. The molecule has 0 saturated heterocycles. The molecule has 1 aromatic carbocycles. The minimum atomic E-state index is -4.77. The Balaban J connectivity index is 1.68. The highest BCUT2D eigenvalue weighted by atomic mass is 32.2. The van der Waals surface area contributed by atoms with E-state index in [1.54, 1.807) is 19.2 Å². The lowest BCUT2D eigenvalue weighted by Gasteiger charge is -2.15. The number of nitrogens with zero attached hydrogens (tertiary/aromatic N) is 3. The Hall–Kier alpha value is -3.78. The predicted octanol–water partition coefficient (Wildman–Crippen LogP) is 3.95. The number of anilines is 3. The number of aromatic amines is 1. The Morgan fingerprint density at radius 2 is 1.94 bits per heavy atom. The molecule has 14 heteroatoms. The summed E-state index contributed by atoms with van der Waals surface area (Å²) in [5.41, 5.74) is 1.91. The van der Waals surface area contributed by atoms with Gasteiger partial charge in [-0.15, -0.1) is 0 Å². The number of hydrogen-bond acceptors (Lipinski definition) is 8. The number of sulfone groups is 1. The molecule has 1 unspecified atom stereocenters. The maximum atomic E-state index is 14.8. The van der Waals surface area contributed by atoms with E-state index in [2.05, 4.69) is 30.6 Å². The van der Waals surface area contributed by atoms with Gasteiger partial charge in [-0.25, -0.2) is 27.8 Å². The van der Waals surface area contributed by atoms with E-state index in [1.165, 1.54) is 24.5 Å². The summed E-state index contributed by atoms with van der Waals surface area (Å²) in [6.45, 7) is 0.950. The third-order valence-electron chi connectivity index (χ3n) is 5.28. The summed E-state index contributed by atoms with van der Waals surface area (Å²) in [6, 6.07) is 5.51. The number of halogens is 4. The largest absolute Gasteiger partial charge is 0.416 e. The zero-order valence-electron chi connectivity index (χ0n) is 18.9. The molecular weight excluding hydrogens is 504 g/mol. The summed E-state index contributed by atoms with van der Waals surface area (Å²) in [5, 5.41) is 15.0. The van der Waals surface area contributed by atoms with Crippen LogP contribution < -0.4 is 10.6 Å². The molecule has 0 fully saturated rings. The van der Waals surface area contributed by atoms with Gasteiger partial charge in [0.1, 0.15) is 10.7 Å². The van der Waals surface area contributed by atoms with Crippen molar-refractivity contribution in [2.45, 2.75) is 24.1 Å². The molecular formula is C22H20F4N6O3S. The molecule has 36 heavy (non-hydrogen) atoms. The van der Waals surface area contributed by atoms with Crippen LogP contribution in [0.3, 0.4) is 0 Å². The normalized spacial score (nSPS) is 13.1. The second-order valence-corrected chi connectivity index (χ2v) is 9.95. The Labute approximate surface area is 202 Å². The fraction of sp³-hybridized carbons (Fsp3) is 0.227. The first-order chi connectivity index (χ1) is 16.9. The third kappa shape index (κ3) is 5.09. The van der Waals surface area contributed by atoms with Crippen LogP contribution >= 0.6 is 0 Å². The Morgan fingerprint density at radius 3 is 2.64 bits per heavy atom. The van der Waals surface area contributed by atoms with Crippen LogP contribution in [0.25, 0.3) is 22.2 Å². The first-order valence-corrected chi connectivity index (χ1v) is 12.3. The van der Waals surface area contributed by atoms with Gasteiger partial charge in [-0.1, -0.05) is 6.07 Å². The molecule has 0 amide bonds. The van der Waals surface area contributed by atoms with Gasteiger partial charge in [0.2, 0.25) is 5.95 Å². The fourth-order valence-electron chi connectivity index (χ4n) is 3.48. The van der Waals surface area contributed by atoms with E-state index >= 15 is 0 Å². The Bertz CT molecular complexity index is 1540. The smallest absolute Gasteiger partial charge is 0.382 e. The second kappa shape index (κ2) is 9.35. The van der Waals surface area contributed by atoms with Crippen LogP contribution in [0.15, 0.2) is 47.8 Å². The first-order valence-electron chi connectivity index (χ1n) is 10.4. The standard InChI is InChI=1S/C22H20F4N6O3S/c1-11-8-30-21(31-14-4-3-5-15(17(14)23)36(2,34)35)32-18(11)13-9-28-19-12(13)6-7-27-20(19)29-10-16(33)22(24,25)26/h3-9,16,28,33H,10H2,1-2H3,(H,27,29)(H,30,31,32). The van der Waals surface area contributed by atoms with E-state index in [4.69, 9.17) is 0 Å². The van der Waals surface area contributed by atoms with Gasteiger partial charge in [0, 0.05) is 35.8 Å². The van der Waals surface area contributed by atoms with Crippen molar-refractivity contribution in [2.24, 2.45) is 0 Å². The number of H-pyrrole nitrogens is 1. The number of fused-ring (bicyclic) bond motifs is 1. The van der Waals surface area contributed by atoms with Crippen LogP contribution in [0.1, 0.15) is 5.56 Å². The molecule has 0 bridgehead atoms. The summed E-state index contributed by atoms with van der Waals surface area (Å²) in [4.78, 5) is 15.1. The molecule has 0 aliphatic heterocycles. The van der Waals surface area contributed by atoms with Crippen molar-refractivity contribution in [3.8, 4) is 11.3 Å².